The molecule has 1 aromatic rings. The van der Waals surface area contributed by atoms with Gasteiger partial charge in [-0.2, -0.15) is 0 Å². The lowest BCUT2D eigenvalue weighted by atomic mass is 9.99. The average molecular weight is 250 g/mol. The molecule has 1 rings (SSSR count). The number of carbonyl (C=O) groups excluding carboxylic acids is 2. The smallest absolute Gasteiger partial charge is 0.325 e. The highest BCUT2D eigenvalue weighted by molar-refractivity contribution is 6.00. The Hall–Kier alpha value is -1.84. The van der Waals surface area contributed by atoms with E-state index in [-0.39, 0.29) is 0 Å². The summed E-state index contributed by atoms with van der Waals surface area (Å²) in [6.07, 6.45) is 0. The van der Waals surface area contributed by atoms with E-state index in [1.54, 1.807) is 45.0 Å². The number of carbonyl (C=O) groups is 2. The Labute approximate surface area is 107 Å². The number of rotatable bonds is 3. The van der Waals surface area contributed by atoms with E-state index in [2.05, 4.69) is 4.74 Å². The van der Waals surface area contributed by atoms with Crippen molar-refractivity contribution in [3.8, 4) is 0 Å². The molecule has 0 aliphatic carbocycles. The summed E-state index contributed by atoms with van der Waals surface area (Å²) >= 11 is 0. The number of esters is 2. The number of methoxy groups -OCH3 is 1. The molecule has 98 valence electrons. The Kier molecular flexibility index (Phi) is 4.48. The molecule has 0 N–H and O–H groups in total. The molecule has 4 heteroatoms. The van der Waals surface area contributed by atoms with Crippen molar-refractivity contribution in [2.45, 2.75) is 32.3 Å². The molecule has 0 saturated heterocycles. The molecule has 0 aromatic heterocycles. The van der Waals surface area contributed by atoms with Crippen molar-refractivity contribution in [2.75, 3.05) is 7.11 Å². The second-order valence-electron chi connectivity index (χ2n) is 4.90. The first-order chi connectivity index (χ1) is 8.35. The van der Waals surface area contributed by atoms with Gasteiger partial charge in [0.25, 0.3) is 0 Å². The van der Waals surface area contributed by atoms with Crippen molar-refractivity contribution in [3.05, 3.63) is 35.9 Å². The number of ether oxygens (including phenoxy) is 2. The lowest BCUT2D eigenvalue weighted by Crippen LogP contribution is -2.32. The maximum atomic E-state index is 12.0. The van der Waals surface area contributed by atoms with Crippen LogP contribution in [0.2, 0.25) is 0 Å². The molecule has 0 radical (unpaired) electrons. The van der Waals surface area contributed by atoms with E-state index in [9.17, 15) is 9.59 Å². The van der Waals surface area contributed by atoms with Gasteiger partial charge in [0, 0.05) is 0 Å². The Bertz CT molecular complexity index is 417. The van der Waals surface area contributed by atoms with E-state index in [0.29, 0.717) is 5.56 Å². The fraction of sp³-hybridized carbons (Fsp3) is 0.429. The van der Waals surface area contributed by atoms with Crippen LogP contribution in [0, 0.1) is 0 Å². The number of hydrogen-bond donors (Lipinski definition) is 0. The highest BCUT2D eigenvalue weighted by Gasteiger charge is 2.33. The summed E-state index contributed by atoms with van der Waals surface area (Å²) in [6.45, 7) is 5.26. The van der Waals surface area contributed by atoms with Crippen LogP contribution in [0.1, 0.15) is 32.3 Å². The van der Waals surface area contributed by atoms with Crippen LogP contribution < -0.4 is 0 Å². The van der Waals surface area contributed by atoms with Crippen molar-refractivity contribution in [1.29, 1.82) is 0 Å². The number of benzene rings is 1. The summed E-state index contributed by atoms with van der Waals surface area (Å²) < 4.78 is 9.90. The van der Waals surface area contributed by atoms with Crippen LogP contribution in [0.15, 0.2) is 30.3 Å². The molecule has 0 aliphatic rings. The monoisotopic (exact) mass is 250 g/mol. The van der Waals surface area contributed by atoms with E-state index in [1.165, 1.54) is 7.11 Å². The predicted octanol–water partition coefficient (Wildman–Crippen LogP) is 2.28. The van der Waals surface area contributed by atoms with E-state index in [4.69, 9.17) is 4.74 Å². The minimum Gasteiger partial charge on any atom is -0.468 e. The molecule has 0 saturated carbocycles. The maximum absolute atomic E-state index is 12.0. The second-order valence-corrected chi connectivity index (χ2v) is 4.90. The van der Waals surface area contributed by atoms with Crippen molar-refractivity contribution in [1.82, 2.24) is 0 Å². The zero-order valence-electron chi connectivity index (χ0n) is 11.1. The van der Waals surface area contributed by atoms with Gasteiger partial charge in [-0.3, -0.25) is 9.59 Å². The van der Waals surface area contributed by atoms with Gasteiger partial charge in [-0.05, 0) is 26.3 Å². The Morgan fingerprint density at radius 3 is 2.06 bits per heavy atom. The molecule has 18 heavy (non-hydrogen) atoms. The fourth-order valence-corrected chi connectivity index (χ4v) is 1.49. The molecule has 0 amide bonds. The molecule has 0 heterocycles. The summed E-state index contributed by atoms with van der Waals surface area (Å²) in [5, 5.41) is 0. The van der Waals surface area contributed by atoms with Gasteiger partial charge >= 0.3 is 11.9 Å². The van der Waals surface area contributed by atoms with E-state index < -0.39 is 23.5 Å². The van der Waals surface area contributed by atoms with Crippen molar-refractivity contribution in [2.24, 2.45) is 0 Å². The Balaban J connectivity index is 3.00. The lowest BCUT2D eigenvalue weighted by Gasteiger charge is -2.23. The van der Waals surface area contributed by atoms with Crippen LogP contribution in [-0.2, 0) is 19.1 Å². The van der Waals surface area contributed by atoms with Gasteiger partial charge in [-0.15, -0.1) is 0 Å². The van der Waals surface area contributed by atoms with Crippen LogP contribution >= 0.6 is 0 Å². The first-order valence-corrected chi connectivity index (χ1v) is 5.71. The van der Waals surface area contributed by atoms with Crippen molar-refractivity contribution >= 4 is 11.9 Å². The largest absolute Gasteiger partial charge is 0.468 e. The summed E-state index contributed by atoms with van der Waals surface area (Å²) in [5.41, 5.74) is -0.0726. The lowest BCUT2D eigenvalue weighted by molar-refractivity contribution is -0.163. The van der Waals surface area contributed by atoms with Crippen molar-refractivity contribution in [3.63, 3.8) is 0 Å². The molecule has 0 fully saturated rings. The van der Waals surface area contributed by atoms with Crippen molar-refractivity contribution < 1.29 is 19.1 Å². The third kappa shape index (κ3) is 3.87. The summed E-state index contributed by atoms with van der Waals surface area (Å²) in [6, 6.07) is 8.73. The van der Waals surface area contributed by atoms with E-state index in [0.717, 1.165) is 0 Å². The highest BCUT2D eigenvalue weighted by Crippen LogP contribution is 2.21. The number of hydrogen-bond acceptors (Lipinski definition) is 4. The molecule has 0 bridgehead atoms. The maximum Gasteiger partial charge on any atom is 0.325 e. The zero-order valence-corrected chi connectivity index (χ0v) is 11.1. The molecule has 0 aliphatic heterocycles. The van der Waals surface area contributed by atoms with Crippen LogP contribution in [0.5, 0.6) is 0 Å². The molecule has 1 atom stereocenters. The molecular formula is C14H18O4. The van der Waals surface area contributed by atoms with Gasteiger partial charge in [0.1, 0.15) is 5.60 Å². The molecule has 1 aromatic carbocycles. The Morgan fingerprint density at radius 1 is 1.06 bits per heavy atom. The van der Waals surface area contributed by atoms with Gasteiger partial charge in [0.05, 0.1) is 7.11 Å². The van der Waals surface area contributed by atoms with Gasteiger partial charge < -0.3 is 9.47 Å². The molecule has 0 spiro atoms. The standard InChI is InChI=1S/C14H18O4/c1-14(2,3)18-13(16)11(12(15)17-4)10-8-6-5-7-9-10/h5-9,11H,1-4H3/t11-/m1/s1. The predicted molar refractivity (Wildman–Crippen MR) is 67.0 cm³/mol. The van der Waals surface area contributed by atoms with Gasteiger partial charge in [-0.25, -0.2) is 0 Å². The van der Waals surface area contributed by atoms with Gasteiger partial charge in [-0.1, -0.05) is 30.3 Å². The fourth-order valence-electron chi connectivity index (χ4n) is 1.49. The zero-order chi connectivity index (χ0) is 13.8. The molecular weight excluding hydrogens is 232 g/mol. The quantitative estimate of drug-likeness (QED) is 0.610. The first-order valence-electron chi connectivity index (χ1n) is 5.71. The minimum absolute atomic E-state index is 0.568. The third-order valence-electron chi connectivity index (χ3n) is 2.21. The van der Waals surface area contributed by atoms with E-state index >= 15 is 0 Å². The van der Waals surface area contributed by atoms with Crippen LogP contribution in [0.25, 0.3) is 0 Å². The van der Waals surface area contributed by atoms with Gasteiger partial charge in [0.15, 0.2) is 5.92 Å². The SMILES string of the molecule is COC(=O)[C@H](C(=O)OC(C)(C)C)c1ccccc1. The van der Waals surface area contributed by atoms with Crippen LogP contribution in [-0.4, -0.2) is 24.6 Å². The summed E-state index contributed by atoms with van der Waals surface area (Å²) in [5.74, 6) is -2.24. The third-order valence-corrected chi connectivity index (χ3v) is 2.21. The molecule has 4 nitrogen and oxygen atoms in total. The normalized spacial score (nSPS) is 12.7. The van der Waals surface area contributed by atoms with E-state index in [1.807, 2.05) is 6.07 Å². The second kappa shape index (κ2) is 5.67. The molecule has 0 unspecified atom stereocenters. The minimum atomic E-state index is -1.03. The van der Waals surface area contributed by atoms with Crippen LogP contribution in [0.4, 0.5) is 0 Å². The highest BCUT2D eigenvalue weighted by atomic mass is 16.6. The summed E-state index contributed by atoms with van der Waals surface area (Å²) in [4.78, 5) is 23.8. The average Bonchev–Trinajstić information content (AvgIpc) is 2.28. The Morgan fingerprint density at radius 2 is 1.61 bits per heavy atom. The summed E-state index contributed by atoms with van der Waals surface area (Å²) in [7, 11) is 1.25. The first kappa shape index (κ1) is 14.2. The topological polar surface area (TPSA) is 52.6 Å². The van der Waals surface area contributed by atoms with Crippen LogP contribution in [0.3, 0.4) is 0 Å². The van der Waals surface area contributed by atoms with Gasteiger partial charge in [0.2, 0.25) is 0 Å².